The van der Waals surface area contributed by atoms with Crippen LogP contribution in [0.3, 0.4) is 0 Å². The number of carbonyl (C=O) groups is 1. The number of rotatable bonds is 0. The number of hydrogen-bond acceptors (Lipinski definition) is 3. The van der Waals surface area contributed by atoms with E-state index in [1.165, 1.54) is 11.1 Å². The second-order valence-corrected chi connectivity index (χ2v) is 7.85. The molecule has 3 rings (SSSR count). The lowest BCUT2D eigenvalue weighted by Crippen LogP contribution is -2.45. The SMILES string of the molecule is CC(C)(C)OC(=O)N1CCC2(CC1)Cc1ccc(N)cc1C2. The molecule has 1 fully saturated rings. The van der Waals surface area contributed by atoms with Crippen LogP contribution in [0.5, 0.6) is 0 Å². The molecular formula is C18H26N2O2. The molecule has 1 heterocycles. The highest BCUT2D eigenvalue weighted by atomic mass is 16.6. The van der Waals surface area contributed by atoms with Gasteiger partial charge in [-0.05, 0) is 75.1 Å². The van der Waals surface area contributed by atoms with Crippen molar-refractivity contribution in [3.63, 3.8) is 0 Å². The normalized spacial score (nSPS) is 20.0. The van der Waals surface area contributed by atoms with Gasteiger partial charge < -0.3 is 15.4 Å². The van der Waals surface area contributed by atoms with Gasteiger partial charge in [-0.2, -0.15) is 0 Å². The summed E-state index contributed by atoms with van der Waals surface area (Å²) in [6, 6.07) is 6.28. The number of fused-ring (bicyclic) bond motifs is 1. The molecule has 22 heavy (non-hydrogen) atoms. The largest absolute Gasteiger partial charge is 0.444 e. The molecule has 1 spiro atoms. The third kappa shape index (κ3) is 3.06. The van der Waals surface area contributed by atoms with Gasteiger partial charge >= 0.3 is 6.09 Å². The second-order valence-electron chi connectivity index (χ2n) is 7.85. The van der Waals surface area contributed by atoms with Crippen molar-refractivity contribution >= 4 is 11.8 Å². The maximum Gasteiger partial charge on any atom is 0.410 e. The predicted octanol–water partition coefficient (Wildman–Crippen LogP) is 3.38. The molecule has 0 atom stereocenters. The lowest BCUT2D eigenvalue weighted by Gasteiger charge is -2.39. The fourth-order valence-electron chi connectivity index (χ4n) is 3.70. The van der Waals surface area contributed by atoms with Gasteiger partial charge in [-0.1, -0.05) is 6.07 Å². The molecule has 4 nitrogen and oxygen atoms in total. The number of ether oxygens (including phenoxy) is 1. The lowest BCUT2D eigenvalue weighted by molar-refractivity contribution is 0.0111. The van der Waals surface area contributed by atoms with Crippen LogP contribution in [0.1, 0.15) is 44.7 Å². The van der Waals surface area contributed by atoms with Gasteiger partial charge in [-0.25, -0.2) is 4.79 Å². The third-order valence-electron chi connectivity index (χ3n) is 4.84. The number of likely N-dealkylation sites (tertiary alicyclic amines) is 1. The Morgan fingerprint density at radius 1 is 1.18 bits per heavy atom. The van der Waals surface area contributed by atoms with E-state index in [9.17, 15) is 4.79 Å². The van der Waals surface area contributed by atoms with Crippen LogP contribution in [0.2, 0.25) is 0 Å². The molecule has 1 aromatic rings. The maximum atomic E-state index is 12.2. The van der Waals surface area contributed by atoms with E-state index in [-0.39, 0.29) is 6.09 Å². The maximum absolute atomic E-state index is 12.2. The molecule has 4 heteroatoms. The van der Waals surface area contributed by atoms with E-state index in [4.69, 9.17) is 10.5 Å². The lowest BCUT2D eigenvalue weighted by atomic mass is 9.76. The highest BCUT2D eigenvalue weighted by Crippen LogP contribution is 2.45. The fourth-order valence-corrected chi connectivity index (χ4v) is 3.70. The van der Waals surface area contributed by atoms with E-state index in [0.717, 1.165) is 44.5 Å². The number of piperidine rings is 1. The molecule has 1 aliphatic carbocycles. The van der Waals surface area contributed by atoms with Gasteiger partial charge in [0, 0.05) is 18.8 Å². The summed E-state index contributed by atoms with van der Waals surface area (Å²) in [4.78, 5) is 14.0. The topological polar surface area (TPSA) is 55.6 Å². The quantitative estimate of drug-likeness (QED) is 0.747. The van der Waals surface area contributed by atoms with Crippen molar-refractivity contribution in [2.24, 2.45) is 5.41 Å². The Labute approximate surface area is 132 Å². The summed E-state index contributed by atoms with van der Waals surface area (Å²) in [7, 11) is 0. The minimum Gasteiger partial charge on any atom is -0.444 e. The van der Waals surface area contributed by atoms with E-state index in [1.54, 1.807) is 0 Å². The first-order chi connectivity index (χ1) is 10.3. The molecule has 1 amide bonds. The number of nitrogens with two attached hydrogens (primary N) is 1. The Morgan fingerprint density at radius 2 is 1.82 bits per heavy atom. The van der Waals surface area contributed by atoms with Crippen molar-refractivity contribution in [1.82, 2.24) is 4.90 Å². The average Bonchev–Trinajstić information content (AvgIpc) is 2.74. The van der Waals surface area contributed by atoms with Crippen LogP contribution in [0.25, 0.3) is 0 Å². The van der Waals surface area contributed by atoms with Crippen molar-refractivity contribution in [3.8, 4) is 0 Å². The van der Waals surface area contributed by atoms with Gasteiger partial charge in [-0.3, -0.25) is 0 Å². The van der Waals surface area contributed by atoms with Gasteiger partial charge in [0.15, 0.2) is 0 Å². The van der Waals surface area contributed by atoms with Gasteiger partial charge in [-0.15, -0.1) is 0 Å². The standard InChI is InChI=1S/C18H26N2O2/c1-17(2,3)22-16(21)20-8-6-18(7-9-20)11-13-4-5-15(19)10-14(13)12-18/h4-5,10H,6-9,11-12,19H2,1-3H3. The zero-order valence-corrected chi connectivity index (χ0v) is 13.8. The number of nitrogen functional groups attached to an aromatic ring is 1. The smallest absolute Gasteiger partial charge is 0.410 e. The molecular weight excluding hydrogens is 276 g/mol. The van der Waals surface area contributed by atoms with Crippen molar-refractivity contribution < 1.29 is 9.53 Å². The molecule has 120 valence electrons. The van der Waals surface area contributed by atoms with Crippen molar-refractivity contribution in [2.45, 2.75) is 52.1 Å². The molecule has 0 saturated carbocycles. The summed E-state index contributed by atoms with van der Waals surface area (Å²) in [5.74, 6) is 0. The van der Waals surface area contributed by atoms with Gasteiger partial charge in [0.25, 0.3) is 0 Å². The summed E-state index contributed by atoms with van der Waals surface area (Å²) in [5.41, 5.74) is 9.46. The summed E-state index contributed by atoms with van der Waals surface area (Å²) < 4.78 is 5.48. The van der Waals surface area contributed by atoms with Gasteiger partial charge in [0.05, 0.1) is 0 Å². The molecule has 2 aliphatic rings. The van der Waals surface area contributed by atoms with Crippen molar-refractivity contribution in [1.29, 1.82) is 0 Å². The van der Waals surface area contributed by atoms with Crippen LogP contribution in [-0.2, 0) is 17.6 Å². The fraction of sp³-hybridized carbons (Fsp3) is 0.611. The van der Waals surface area contributed by atoms with Crippen LogP contribution in [0.15, 0.2) is 18.2 Å². The predicted molar refractivity (Wildman–Crippen MR) is 87.7 cm³/mol. The van der Waals surface area contributed by atoms with Crippen LogP contribution in [0, 0.1) is 5.41 Å². The highest BCUT2D eigenvalue weighted by Gasteiger charge is 2.41. The number of benzene rings is 1. The van der Waals surface area contributed by atoms with E-state index in [1.807, 2.05) is 31.7 Å². The molecule has 0 bridgehead atoms. The average molecular weight is 302 g/mol. The highest BCUT2D eigenvalue weighted by molar-refractivity contribution is 5.68. The number of hydrogen-bond donors (Lipinski definition) is 1. The van der Waals surface area contributed by atoms with Crippen molar-refractivity contribution in [3.05, 3.63) is 29.3 Å². The first kappa shape index (κ1) is 15.2. The van der Waals surface area contributed by atoms with Crippen LogP contribution in [-0.4, -0.2) is 29.7 Å². The molecule has 0 unspecified atom stereocenters. The molecule has 0 radical (unpaired) electrons. The van der Waals surface area contributed by atoms with E-state index >= 15 is 0 Å². The Hall–Kier alpha value is -1.71. The third-order valence-corrected chi connectivity index (χ3v) is 4.84. The van der Waals surface area contributed by atoms with Crippen LogP contribution in [0.4, 0.5) is 10.5 Å². The second kappa shape index (κ2) is 5.18. The Kier molecular flexibility index (Phi) is 3.58. The summed E-state index contributed by atoms with van der Waals surface area (Å²) >= 11 is 0. The summed E-state index contributed by atoms with van der Waals surface area (Å²) in [6.07, 6.45) is 4.12. The summed E-state index contributed by atoms with van der Waals surface area (Å²) in [6.45, 7) is 7.31. The van der Waals surface area contributed by atoms with E-state index in [0.29, 0.717) is 5.41 Å². The number of amides is 1. The van der Waals surface area contributed by atoms with Gasteiger partial charge in [0.2, 0.25) is 0 Å². The molecule has 1 saturated heterocycles. The van der Waals surface area contributed by atoms with Gasteiger partial charge in [0.1, 0.15) is 5.60 Å². The zero-order chi connectivity index (χ0) is 16.0. The number of carbonyl (C=O) groups excluding carboxylic acids is 1. The first-order valence-electron chi connectivity index (χ1n) is 8.12. The zero-order valence-electron chi connectivity index (χ0n) is 13.8. The minimum atomic E-state index is -0.423. The van der Waals surface area contributed by atoms with E-state index in [2.05, 4.69) is 12.1 Å². The monoisotopic (exact) mass is 302 g/mol. The minimum absolute atomic E-state index is 0.179. The van der Waals surface area contributed by atoms with E-state index < -0.39 is 5.60 Å². The Bertz CT molecular complexity index is 581. The molecule has 0 aromatic heterocycles. The van der Waals surface area contributed by atoms with Crippen LogP contribution >= 0.6 is 0 Å². The number of nitrogens with zero attached hydrogens (tertiary/aromatic N) is 1. The molecule has 1 aliphatic heterocycles. The Morgan fingerprint density at radius 3 is 2.45 bits per heavy atom. The summed E-state index contributed by atoms with van der Waals surface area (Å²) in [5, 5.41) is 0. The molecule has 2 N–H and O–H groups in total. The first-order valence-corrected chi connectivity index (χ1v) is 8.12. The Balaban J connectivity index is 1.62. The molecule has 1 aromatic carbocycles. The van der Waals surface area contributed by atoms with Crippen LogP contribution < -0.4 is 5.73 Å². The number of anilines is 1. The van der Waals surface area contributed by atoms with Crippen molar-refractivity contribution in [2.75, 3.05) is 18.8 Å².